The second-order valence-electron chi connectivity index (χ2n) is 8.29. The van der Waals surface area contributed by atoms with Gasteiger partial charge in [0.05, 0.1) is 19.2 Å². The predicted octanol–water partition coefficient (Wildman–Crippen LogP) is 4.13. The van der Waals surface area contributed by atoms with E-state index in [2.05, 4.69) is 22.5 Å². The van der Waals surface area contributed by atoms with Crippen LogP contribution in [-0.2, 0) is 28.9 Å². The summed E-state index contributed by atoms with van der Waals surface area (Å²) in [6, 6.07) is 16.1. The quantitative estimate of drug-likeness (QED) is 0.578. The number of fused-ring (bicyclic) bond motifs is 1. The molecule has 0 saturated heterocycles. The first kappa shape index (κ1) is 22.3. The van der Waals surface area contributed by atoms with Crippen molar-refractivity contribution in [2.75, 3.05) is 13.7 Å². The van der Waals surface area contributed by atoms with E-state index in [0.717, 1.165) is 29.3 Å². The van der Waals surface area contributed by atoms with Crippen LogP contribution in [0.5, 0.6) is 0 Å². The Labute approximate surface area is 182 Å². The Bertz CT molecular complexity index is 1050. The zero-order valence-electron chi connectivity index (χ0n) is 18.5. The fraction of sp³-hybridized carbons (Fsp3) is 0.375. The van der Waals surface area contributed by atoms with E-state index < -0.39 is 17.7 Å². The largest absolute Gasteiger partial charge is 0.464 e. The minimum absolute atomic E-state index is 0.270. The smallest absolute Gasteiger partial charge is 0.407 e. The van der Waals surface area contributed by atoms with Crippen molar-refractivity contribution < 1.29 is 19.1 Å². The standard InChI is InChI=1S/C24H29N3O4/c1-24(2,3)31-23(29)25-15-16-27-21(22(28)30-4)19-12-8-11-18(20(19)26-27)14-13-17-9-6-5-7-10-17/h5-12H,13-16H2,1-4H3,(H,25,29). The molecule has 7 heteroatoms. The lowest BCUT2D eigenvalue weighted by Crippen LogP contribution is -2.34. The van der Waals surface area contributed by atoms with Gasteiger partial charge in [-0.2, -0.15) is 5.10 Å². The minimum Gasteiger partial charge on any atom is -0.464 e. The summed E-state index contributed by atoms with van der Waals surface area (Å²) < 4.78 is 11.8. The molecule has 1 aromatic heterocycles. The van der Waals surface area contributed by atoms with Gasteiger partial charge < -0.3 is 14.8 Å². The zero-order chi connectivity index (χ0) is 22.4. The van der Waals surface area contributed by atoms with Gasteiger partial charge in [0, 0.05) is 11.9 Å². The van der Waals surface area contributed by atoms with Gasteiger partial charge >= 0.3 is 12.1 Å². The summed E-state index contributed by atoms with van der Waals surface area (Å²) in [5, 5.41) is 8.14. The zero-order valence-corrected chi connectivity index (χ0v) is 18.5. The second-order valence-corrected chi connectivity index (χ2v) is 8.29. The van der Waals surface area contributed by atoms with E-state index in [-0.39, 0.29) is 6.54 Å². The predicted molar refractivity (Wildman–Crippen MR) is 119 cm³/mol. The summed E-state index contributed by atoms with van der Waals surface area (Å²) in [5.74, 6) is -0.458. The third-order valence-electron chi connectivity index (χ3n) is 4.75. The fourth-order valence-corrected chi connectivity index (χ4v) is 3.39. The molecule has 1 heterocycles. The van der Waals surface area contributed by atoms with Gasteiger partial charge in [0.15, 0.2) is 5.69 Å². The molecule has 1 N–H and O–H groups in total. The summed E-state index contributed by atoms with van der Waals surface area (Å²) in [6.45, 7) is 6.00. The van der Waals surface area contributed by atoms with Crippen LogP contribution in [0.4, 0.5) is 4.79 Å². The van der Waals surface area contributed by atoms with Crippen LogP contribution in [0.2, 0.25) is 0 Å². The normalized spacial score (nSPS) is 11.4. The van der Waals surface area contributed by atoms with Gasteiger partial charge in [0.1, 0.15) is 5.60 Å². The maximum absolute atomic E-state index is 12.5. The molecule has 31 heavy (non-hydrogen) atoms. The molecule has 2 aromatic carbocycles. The van der Waals surface area contributed by atoms with E-state index in [1.807, 2.05) is 36.4 Å². The summed E-state index contributed by atoms with van der Waals surface area (Å²) >= 11 is 0. The van der Waals surface area contributed by atoms with Gasteiger partial charge in [-0.15, -0.1) is 0 Å². The lowest BCUT2D eigenvalue weighted by atomic mass is 10.0. The average Bonchev–Trinajstić information content (AvgIpc) is 3.10. The Kier molecular flexibility index (Phi) is 6.95. The third-order valence-corrected chi connectivity index (χ3v) is 4.75. The number of benzene rings is 2. The maximum atomic E-state index is 12.5. The topological polar surface area (TPSA) is 82.5 Å². The first-order chi connectivity index (χ1) is 14.8. The van der Waals surface area contributed by atoms with E-state index in [4.69, 9.17) is 9.47 Å². The third kappa shape index (κ3) is 5.84. The van der Waals surface area contributed by atoms with Crippen LogP contribution in [0.15, 0.2) is 48.5 Å². The Morgan fingerprint density at radius 3 is 2.45 bits per heavy atom. The Morgan fingerprint density at radius 2 is 1.77 bits per heavy atom. The number of alkyl carbamates (subject to hydrolysis) is 1. The van der Waals surface area contributed by atoms with Crippen molar-refractivity contribution in [1.82, 2.24) is 15.1 Å². The molecule has 164 valence electrons. The number of rotatable bonds is 7. The van der Waals surface area contributed by atoms with Gasteiger partial charge in [-0.1, -0.05) is 48.5 Å². The van der Waals surface area contributed by atoms with Crippen LogP contribution in [0.1, 0.15) is 42.4 Å². The van der Waals surface area contributed by atoms with Crippen molar-refractivity contribution >= 4 is 23.0 Å². The molecule has 0 fully saturated rings. The highest BCUT2D eigenvalue weighted by atomic mass is 16.6. The minimum atomic E-state index is -0.574. The number of nitrogens with one attached hydrogen (secondary N) is 1. The molecule has 7 nitrogen and oxygen atoms in total. The van der Waals surface area contributed by atoms with Gasteiger partial charge in [-0.25, -0.2) is 9.59 Å². The Morgan fingerprint density at radius 1 is 1.03 bits per heavy atom. The molecular formula is C24H29N3O4. The van der Waals surface area contributed by atoms with E-state index in [1.165, 1.54) is 12.7 Å². The van der Waals surface area contributed by atoms with E-state index in [1.54, 1.807) is 25.5 Å². The highest BCUT2D eigenvalue weighted by Crippen LogP contribution is 2.24. The van der Waals surface area contributed by atoms with Crippen LogP contribution in [0.25, 0.3) is 10.9 Å². The van der Waals surface area contributed by atoms with E-state index >= 15 is 0 Å². The van der Waals surface area contributed by atoms with Crippen LogP contribution in [0.3, 0.4) is 0 Å². The number of aryl methyl sites for hydroxylation is 2. The van der Waals surface area contributed by atoms with Gasteiger partial charge in [0.25, 0.3) is 0 Å². The fourth-order valence-electron chi connectivity index (χ4n) is 3.39. The van der Waals surface area contributed by atoms with Crippen LogP contribution >= 0.6 is 0 Å². The Hall–Kier alpha value is -3.35. The van der Waals surface area contributed by atoms with Crippen molar-refractivity contribution in [3.8, 4) is 0 Å². The first-order valence-corrected chi connectivity index (χ1v) is 10.4. The molecule has 0 atom stereocenters. The van der Waals surface area contributed by atoms with E-state index in [0.29, 0.717) is 12.2 Å². The lowest BCUT2D eigenvalue weighted by molar-refractivity contribution is 0.0525. The van der Waals surface area contributed by atoms with Crippen LogP contribution in [-0.4, -0.2) is 41.1 Å². The number of carbonyl (C=O) groups excluding carboxylic acids is 2. The maximum Gasteiger partial charge on any atom is 0.407 e. The highest BCUT2D eigenvalue weighted by molar-refractivity contribution is 6.03. The van der Waals surface area contributed by atoms with Crippen molar-refractivity contribution in [2.45, 2.75) is 45.8 Å². The SMILES string of the molecule is COC(=O)c1c2cccc(CCc3ccccc3)c2nn1CCNC(=O)OC(C)(C)C. The summed E-state index contributed by atoms with van der Waals surface area (Å²) in [5.41, 5.74) is 2.88. The monoisotopic (exact) mass is 423 g/mol. The molecule has 0 spiro atoms. The molecule has 3 rings (SSSR count). The van der Waals surface area contributed by atoms with Gasteiger partial charge in [-0.05, 0) is 44.7 Å². The summed E-state index contributed by atoms with van der Waals surface area (Å²) in [4.78, 5) is 24.4. The van der Waals surface area contributed by atoms with Crippen molar-refractivity contribution in [3.05, 3.63) is 65.4 Å². The molecule has 1 amide bonds. The van der Waals surface area contributed by atoms with Gasteiger partial charge in [0.2, 0.25) is 0 Å². The molecule has 0 radical (unpaired) electrons. The lowest BCUT2D eigenvalue weighted by Gasteiger charge is -2.19. The number of hydrogen-bond acceptors (Lipinski definition) is 5. The van der Waals surface area contributed by atoms with Crippen molar-refractivity contribution in [2.24, 2.45) is 0 Å². The number of methoxy groups -OCH3 is 1. The average molecular weight is 424 g/mol. The molecule has 0 aliphatic carbocycles. The number of hydrogen-bond donors (Lipinski definition) is 1. The van der Waals surface area contributed by atoms with Crippen molar-refractivity contribution in [3.63, 3.8) is 0 Å². The van der Waals surface area contributed by atoms with E-state index in [9.17, 15) is 9.59 Å². The molecule has 0 unspecified atom stereocenters. The number of esters is 1. The molecule has 0 saturated carbocycles. The first-order valence-electron chi connectivity index (χ1n) is 10.4. The molecular weight excluding hydrogens is 394 g/mol. The van der Waals surface area contributed by atoms with Crippen LogP contribution < -0.4 is 5.32 Å². The molecule has 0 aliphatic rings. The Balaban J connectivity index is 1.81. The van der Waals surface area contributed by atoms with Gasteiger partial charge in [-0.3, -0.25) is 4.68 Å². The molecule has 0 aliphatic heterocycles. The number of aromatic nitrogens is 2. The highest BCUT2D eigenvalue weighted by Gasteiger charge is 2.21. The number of amides is 1. The summed E-state index contributed by atoms with van der Waals surface area (Å²) in [6.07, 6.45) is 1.17. The molecule has 3 aromatic rings. The summed E-state index contributed by atoms with van der Waals surface area (Å²) in [7, 11) is 1.35. The van der Waals surface area contributed by atoms with Crippen molar-refractivity contribution in [1.29, 1.82) is 0 Å². The second kappa shape index (κ2) is 9.64. The number of nitrogens with zero attached hydrogens (tertiary/aromatic N) is 2. The number of ether oxygens (including phenoxy) is 2. The molecule has 0 bridgehead atoms. The number of carbonyl (C=O) groups is 2. The van der Waals surface area contributed by atoms with Crippen LogP contribution in [0, 0.1) is 0 Å².